The van der Waals surface area contributed by atoms with E-state index < -0.39 is 110 Å². The normalized spacial score (nSPS) is 47.1. The van der Waals surface area contributed by atoms with Crippen LogP contribution in [0.5, 0.6) is 0 Å². The summed E-state index contributed by atoms with van der Waals surface area (Å²) in [4.78, 5) is 23.2. The molecule has 3 fully saturated rings. The van der Waals surface area contributed by atoms with E-state index in [1.165, 1.54) is 6.92 Å². The molecule has 0 aromatic heterocycles. The smallest absolute Gasteiger partial charge is 0.335 e. The number of carbonyl (C=O) groups is 2. The number of hydrogen-bond donors (Lipinski definition) is 9. The van der Waals surface area contributed by atoms with E-state index in [0.717, 1.165) is 0 Å². The summed E-state index contributed by atoms with van der Waals surface area (Å²) in [5, 5.41) is 90.8. The molecule has 17 heteroatoms. The van der Waals surface area contributed by atoms with Crippen molar-refractivity contribution in [3.05, 3.63) is 0 Å². The van der Waals surface area contributed by atoms with E-state index in [1.807, 2.05) is 0 Å². The number of rotatable bonds is 10. The van der Waals surface area contributed by atoms with Gasteiger partial charge in [-0.15, -0.1) is 0 Å². The zero-order chi connectivity index (χ0) is 29.2. The van der Waals surface area contributed by atoms with E-state index >= 15 is 0 Å². The van der Waals surface area contributed by atoms with Gasteiger partial charge in [-0.3, -0.25) is 0 Å². The van der Waals surface area contributed by atoms with Gasteiger partial charge < -0.3 is 74.4 Å². The monoisotopic (exact) mass is 572 g/mol. The summed E-state index contributed by atoms with van der Waals surface area (Å²) in [6.45, 7) is 2.44. The van der Waals surface area contributed by atoms with Gasteiger partial charge in [0.2, 0.25) is 0 Å². The Kier molecular flexibility index (Phi) is 11.0. The lowest BCUT2D eigenvalue weighted by atomic mass is 9.91. The number of carboxylic acid groups (broad SMARTS) is 2. The Balaban J connectivity index is 1.75. The molecule has 0 aromatic carbocycles. The second-order valence-corrected chi connectivity index (χ2v) is 9.63. The van der Waals surface area contributed by atoms with Gasteiger partial charge in [0, 0.05) is 12.5 Å². The van der Waals surface area contributed by atoms with Crippen LogP contribution in [-0.4, -0.2) is 157 Å². The maximum absolute atomic E-state index is 11.9. The Morgan fingerprint density at radius 3 is 1.82 bits per heavy atom. The zero-order valence-electron chi connectivity index (χ0n) is 21.1. The molecular weight excluding hydrogens is 536 g/mol. The molecule has 3 aliphatic heterocycles. The summed E-state index contributed by atoms with van der Waals surface area (Å²) in [6.07, 6.45) is -23.7. The third-order valence-corrected chi connectivity index (χ3v) is 6.83. The van der Waals surface area contributed by atoms with Crippen LogP contribution in [0.1, 0.15) is 20.3 Å². The maximum atomic E-state index is 11.9. The first-order valence-corrected chi connectivity index (χ1v) is 12.4. The Labute approximate surface area is 222 Å². The topological polar surface area (TPSA) is 272 Å². The maximum Gasteiger partial charge on any atom is 0.335 e. The molecule has 0 radical (unpaired) electrons. The molecule has 17 nitrogen and oxygen atoms in total. The van der Waals surface area contributed by atoms with Crippen LogP contribution in [0, 0.1) is 5.92 Å². The lowest BCUT2D eigenvalue weighted by Gasteiger charge is -2.48. The van der Waals surface area contributed by atoms with Crippen LogP contribution in [0.4, 0.5) is 0 Å². The number of carboxylic acids is 2. The van der Waals surface area contributed by atoms with E-state index in [-0.39, 0.29) is 6.61 Å². The van der Waals surface area contributed by atoms with E-state index in [1.54, 1.807) is 6.92 Å². The Hall–Kier alpha value is -1.58. The van der Waals surface area contributed by atoms with Crippen molar-refractivity contribution in [1.82, 2.24) is 0 Å². The van der Waals surface area contributed by atoms with Crippen molar-refractivity contribution in [1.29, 1.82) is 0 Å². The Morgan fingerprint density at radius 1 is 0.692 bits per heavy atom. The molecule has 15 atom stereocenters. The van der Waals surface area contributed by atoms with Crippen molar-refractivity contribution >= 4 is 11.9 Å². The fourth-order valence-electron chi connectivity index (χ4n) is 4.56. The predicted octanol–water partition coefficient (Wildman–Crippen LogP) is -4.68. The third-order valence-electron chi connectivity index (χ3n) is 6.83. The summed E-state index contributed by atoms with van der Waals surface area (Å²) >= 11 is 0. The van der Waals surface area contributed by atoms with Crippen molar-refractivity contribution in [3.8, 4) is 0 Å². The standard InChI is InChI=1S/C22H36O17/c1-3-4-34-21-13(29)11(27)15(17(39-21)19(32)33)37-20-6(2)8(24)14(7(5-23)35-20)36-22-12(28)9(25)10(26)16(38-22)18(30)31/h6-17,20-29H,3-5H2,1-2H3,(H,30,31)(H,32,33)/t6?,7?,8-,9+,10+,11?,12?,13+,14-,15+,16?,17?,20-,21-,22-/m1/s1. The van der Waals surface area contributed by atoms with Gasteiger partial charge >= 0.3 is 11.9 Å². The molecule has 0 amide bonds. The summed E-state index contributed by atoms with van der Waals surface area (Å²) in [5.74, 6) is -4.27. The highest BCUT2D eigenvalue weighted by Gasteiger charge is 2.54. The van der Waals surface area contributed by atoms with Crippen LogP contribution >= 0.6 is 0 Å². The molecule has 3 rings (SSSR count). The van der Waals surface area contributed by atoms with Gasteiger partial charge in [-0.05, 0) is 6.42 Å². The van der Waals surface area contributed by atoms with E-state index in [4.69, 9.17) is 28.4 Å². The van der Waals surface area contributed by atoms with Gasteiger partial charge in [0.05, 0.1) is 12.7 Å². The lowest BCUT2D eigenvalue weighted by molar-refractivity contribution is -0.368. The highest BCUT2D eigenvalue weighted by Crippen LogP contribution is 2.35. The second-order valence-electron chi connectivity index (χ2n) is 9.63. The minimum absolute atomic E-state index is 0.115. The summed E-state index contributed by atoms with van der Waals surface area (Å²) in [5.41, 5.74) is 0. The molecule has 3 aliphatic rings. The van der Waals surface area contributed by atoms with Crippen LogP contribution in [0.2, 0.25) is 0 Å². The zero-order valence-corrected chi connectivity index (χ0v) is 21.1. The van der Waals surface area contributed by atoms with Gasteiger partial charge in [0.15, 0.2) is 31.1 Å². The molecule has 3 heterocycles. The molecule has 0 bridgehead atoms. The average molecular weight is 573 g/mol. The fourth-order valence-corrected chi connectivity index (χ4v) is 4.56. The molecule has 0 spiro atoms. The van der Waals surface area contributed by atoms with Crippen molar-refractivity contribution in [2.75, 3.05) is 13.2 Å². The second kappa shape index (κ2) is 13.4. The van der Waals surface area contributed by atoms with Crippen LogP contribution in [0.25, 0.3) is 0 Å². The van der Waals surface area contributed by atoms with E-state index in [2.05, 4.69) is 0 Å². The Morgan fingerprint density at radius 2 is 1.26 bits per heavy atom. The lowest BCUT2D eigenvalue weighted by Crippen LogP contribution is -2.65. The van der Waals surface area contributed by atoms with Gasteiger partial charge in [-0.25, -0.2) is 9.59 Å². The molecule has 0 aliphatic carbocycles. The minimum Gasteiger partial charge on any atom is -0.479 e. The number of hydrogen-bond acceptors (Lipinski definition) is 15. The summed E-state index contributed by atoms with van der Waals surface area (Å²) < 4.78 is 32.4. The number of aliphatic hydroxyl groups is 7. The first-order valence-electron chi connectivity index (χ1n) is 12.4. The van der Waals surface area contributed by atoms with Crippen molar-refractivity contribution in [3.63, 3.8) is 0 Å². The van der Waals surface area contributed by atoms with Gasteiger partial charge in [0.25, 0.3) is 0 Å². The molecule has 9 N–H and O–H groups in total. The quantitative estimate of drug-likeness (QED) is 0.119. The Bertz CT molecular complexity index is 826. The van der Waals surface area contributed by atoms with Crippen LogP contribution in [0.15, 0.2) is 0 Å². The average Bonchev–Trinajstić information content (AvgIpc) is 2.89. The van der Waals surface area contributed by atoms with E-state index in [9.17, 15) is 55.5 Å². The minimum atomic E-state index is -1.98. The highest BCUT2D eigenvalue weighted by atomic mass is 16.8. The SMILES string of the molecule is CCCO[C@@H]1OC(C(=O)O)[C@@H](O[C@H]2OC(CO)[C@@H](O[C@@H]3OC(C(=O)O)[C@@H](O)[C@H](O)C3O)[C@H](O)C2C)C(O)[C@@H]1O. The number of aliphatic carboxylic acids is 2. The fraction of sp³-hybridized carbons (Fsp3) is 0.909. The molecule has 6 unspecified atom stereocenters. The van der Waals surface area contributed by atoms with Gasteiger partial charge in [-0.2, -0.15) is 0 Å². The first-order chi connectivity index (χ1) is 18.3. The number of ether oxygens (including phenoxy) is 6. The molecule has 0 saturated carbocycles. The van der Waals surface area contributed by atoms with Crippen LogP contribution in [0.3, 0.4) is 0 Å². The largest absolute Gasteiger partial charge is 0.479 e. The highest BCUT2D eigenvalue weighted by molar-refractivity contribution is 5.73. The van der Waals surface area contributed by atoms with Gasteiger partial charge in [0.1, 0.15) is 48.8 Å². The molecule has 226 valence electrons. The molecule has 0 aromatic rings. The van der Waals surface area contributed by atoms with Crippen molar-refractivity contribution in [2.45, 2.75) is 106 Å². The molecule has 3 saturated heterocycles. The summed E-state index contributed by atoms with van der Waals surface area (Å²) in [6, 6.07) is 0. The summed E-state index contributed by atoms with van der Waals surface area (Å²) in [7, 11) is 0. The number of aliphatic hydroxyl groups excluding tert-OH is 7. The predicted molar refractivity (Wildman–Crippen MR) is 120 cm³/mol. The third kappa shape index (κ3) is 6.67. The molecular formula is C22H36O17. The van der Waals surface area contributed by atoms with Crippen LogP contribution < -0.4 is 0 Å². The van der Waals surface area contributed by atoms with E-state index in [0.29, 0.717) is 6.42 Å². The van der Waals surface area contributed by atoms with Gasteiger partial charge in [-0.1, -0.05) is 13.8 Å². The van der Waals surface area contributed by atoms with Crippen LogP contribution in [-0.2, 0) is 38.0 Å². The van der Waals surface area contributed by atoms with Crippen molar-refractivity contribution < 1.29 is 84.0 Å². The molecule has 39 heavy (non-hydrogen) atoms. The van der Waals surface area contributed by atoms with Crippen molar-refractivity contribution in [2.24, 2.45) is 5.92 Å². The first kappa shape index (κ1) is 31.9.